The first kappa shape index (κ1) is 14.8. The average Bonchev–Trinajstić information content (AvgIpc) is 2.31. The minimum Gasteiger partial charge on any atom is -0.478 e. The quantitative estimate of drug-likeness (QED) is 0.458. The van der Waals surface area contributed by atoms with Gasteiger partial charge >= 0.3 is 5.97 Å². The predicted octanol–water partition coefficient (Wildman–Crippen LogP) is 1.07. The number of nitrogens with zero attached hydrogens (tertiary/aromatic N) is 3. The van der Waals surface area contributed by atoms with Crippen molar-refractivity contribution in [1.29, 1.82) is 0 Å². The Kier molecular flexibility index (Phi) is 5.13. The van der Waals surface area contributed by atoms with Crippen molar-refractivity contribution in [3.8, 4) is 0 Å². The van der Waals surface area contributed by atoms with E-state index in [0.717, 1.165) is 0 Å². The molecule has 1 aliphatic rings. The van der Waals surface area contributed by atoms with Crippen molar-refractivity contribution in [2.75, 3.05) is 7.05 Å². The molecule has 1 aliphatic heterocycles. The summed E-state index contributed by atoms with van der Waals surface area (Å²) in [5.41, 5.74) is 6.54. The molecule has 7 heteroatoms. The van der Waals surface area contributed by atoms with Gasteiger partial charge in [-0.15, -0.1) is 0 Å². The lowest BCUT2D eigenvalue weighted by atomic mass is 10.1. The van der Waals surface area contributed by atoms with E-state index >= 15 is 0 Å². The maximum Gasteiger partial charge on any atom is 0.337 e. The number of aliphatic imine (C=N–C) groups is 1. The molecular formula is C12H14N4O2S. The molecule has 1 heterocycles. The van der Waals surface area contributed by atoms with E-state index in [1.54, 1.807) is 32.2 Å². The third-order valence-corrected chi connectivity index (χ3v) is 2.51. The molecule has 0 aromatic heterocycles. The summed E-state index contributed by atoms with van der Waals surface area (Å²) in [5, 5.41) is 14.5. The molecule has 0 spiro atoms. The molecule has 0 aromatic rings. The van der Waals surface area contributed by atoms with E-state index in [9.17, 15) is 4.79 Å². The van der Waals surface area contributed by atoms with E-state index < -0.39 is 5.97 Å². The second-order valence-electron chi connectivity index (χ2n) is 3.71. The van der Waals surface area contributed by atoms with Gasteiger partial charge in [0, 0.05) is 24.5 Å². The van der Waals surface area contributed by atoms with Crippen molar-refractivity contribution in [2.24, 2.45) is 15.8 Å². The van der Waals surface area contributed by atoms with Crippen LogP contribution in [0.1, 0.15) is 6.92 Å². The Morgan fingerprint density at radius 2 is 2.32 bits per heavy atom. The topological polar surface area (TPSA) is 91.3 Å². The maximum atomic E-state index is 11.2. The maximum absolute atomic E-state index is 11.2. The molecule has 0 aromatic carbocycles. The van der Waals surface area contributed by atoms with E-state index in [4.69, 9.17) is 23.1 Å². The highest BCUT2D eigenvalue weighted by Crippen LogP contribution is 2.11. The monoisotopic (exact) mass is 278 g/mol. The SMILES string of the molecule is CC1=NC=C(C(=O)O)C(/C=N/N(C)C(N)=S)=CC=C1. The number of nitrogens with two attached hydrogens (primary N) is 1. The fourth-order valence-corrected chi connectivity index (χ4v) is 1.21. The van der Waals surface area contributed by atoms with E-state index in [2.05, 4.69) is 10.1 Å². The number of aliphatic carboxylic acids is 1. The third kappa shape index (κ3) is 4.47. The van der Waals surface area contributed by atoms with E-state index in [1.165, 1.54) is 17.4 Å². The van der Waals surface area contributed by atoms with Crippen LogP contribution in [0, 0.1) is 0 Å². The molecule has 0 unspecified atom stereocenters. The molecule has 0 atom stereocenters. The molecule has 0 radical (unpaired) electrons. The summed E-state index contributed by atoms with van der Waals surface area (Å²) in [4.78, 5) is 15.2. The van der Waals surface area contributed by atoms with Crippen molar-refractivity contribution in [3.63, 3.8) is 0 Å². The first-order valence-electron chi connectivity index (χ1n) is 5.35. The predicted molar refractivity (Wildman–Crippen MR) is 79.1 cm³/mol. The van der Waals surface area contributed by atoms with Crippen LogP contribution in [0.2, 0.25) is 0 Å². The number of carboxylic acids is 1. The molecule has 6 nitrogen and oxygen atoms in total. The number of hydrazone groups is 1. The number of carbonyl (C=O) groups is 1. The fraction of sp³-hybridized carbons (Fsp3) is 0.167. The van der Waals surface area contributed by atoms with Gasteiger partial charge in [-0.2, -0.15) is 5.10 Å². The van der Waals surface area contributed by atoms with Gasteiger partial charge in [0.05, 0.1) is 11.8 Å². The smallest absolute Gasteiger partial charge is 0.337 e. The third-order valence-electron chi connectivity index (χ3n) is 2.24. The lowest BCUT2D eigenvalue weighted by molar-refractivity contribution is -0.132. The number of thiocarbonyl (C=S) groups is 1. The molecule has 0 aliphatic carbocycles. The summed E-state index contributed by atoms with van der Waals surface area (Å²) in [6.45, 7) is 1.78. The first-order valence-corrected chi connectivity index (χ1v) is 5.76. The van der Waals surface area contributed by atoms with Crippen LogP contribution in [0.5, 0.6) is 0 Å². The van der Waals surface area contributed by atoms with E-state index in [-0.39, 0.29) is 10.7 Å². The van der Waals surface area contributed by atoms with Gasteiger partial charge in [-0.05, 0) is 25.2 Å². The molecule has 0 bridgehead atoms. The zero-order valence-corrected chi connectivity index (χ0v) is 11.4. The largest absolute Gasteiger partial charge is 0.478 e. The lowest BCUT2D eigenvalue weighted by Crippen LogP contribution is -2.27. The van der Waals surface area contributed by atoms with Gasteiger partial charge in [-0.1, -0.05) is 12.2 Å². The zero-order valence-electron chi connectivity index (χ0n) is 10.6. The molecule has 0 amide bonds. The van der Waals surface area contributed by atoms with Crippen LogP contribution >= 0.6 is 12.2 Å². The molecule has 0 fully saturated rings. The van der Waals surface area contributed by atoms with Crippen LogP contribution in [-0.2, 0) is 4.79 Å². The Morgan fingerprint density at radius 3 is 2.89 bits per heavy atom. The summed E-state index contributed by atoms with van der Waals surface area (Å²) in [6.07, 6.45) is 7.77. The number of rotatable bonds is 3. The van der Waals surface area contributed by atoms with Gasteiger partial charge in [0.25, 0.3) is 0 Å². The van der Waals surface area contributed by atoms with Crippen molar-refractivity contribution in [2.45, 2.75) is 6.92 Å². The Bertz CT molecular complexity index is 544. The van der Waals surface area contributed by atoms with E-state index in [0.29, 0.717) is 11.3 Å². The number of hydrogen-bond acceptors (Lipinski definition) is 4. The van der Waals surface area contributed by atoms with Crippen molar-refractivity contribution in [1.82, 2.24) is 5.01 Å². The van der Waals surface area contributed by atoms with Crippen LogP contribution in [0.3, 0.4) is 0 Å². The van der Waals surface area contributed by atoms with Crippen LogP contribution in [0.25, 0.3) is 0 Å². The summed E-state index contributed by atoms with van der Waals surface area (Å²) >= 11 is 4.73. The van der Waals surface area contributed by atoms with Gasteiger partial charge in [0.2, 0.25) is 0 Å². The van der Waals surface area contributed by atoms with Crippen molar-refractivity contribution >= 4 is 35.2 Å². The van der Waals surface area contributed by atoms with Crippen LogP contribution in [0.4, 0.5) is 0 Å². The highest BCUT2D eigenvalue weighted by atomic mass is 32.1. The van der Waals surface area contributed by atoms with E-state index in [1.807, 2.05) is 0 Å². The number of allylic oxidation sites excluding steroid dienone is 3. The van der Waals surface area contributed by atoms with Crippen molar-refractivity contribution < 1.29 is 9.90 Å². The molecular weight excluding hydrogens is 264 g/mol. The fourth-order valence-electron chi connectivity index (χ4n) is 1.16. The van der Waals surface area contributed by atoms with Crippen LogP contribution < -0.4 is 5.73 Å². The van der Waals surface area contributed by atoms with Gasteiger partial charge in [-0.25, -0.2) is 9.80 Å². The van der Waals surface area contributed by atoms with Crippen LogP contribution in [0.15, 0.2) is 45.7 Å². The standard InChI is InChI=1S/C12H14N4O2S/c1-8-4-3-5-9(6-15-16(2)12(13)19)10(7-14-8)11(17)18/h3-7H,1-2H3,(H2,13,19)(H,17,18)/b4-3?,5-3?,8-4?,9-5?,10-7?,10-9?,14-7?,14-8?,15-6+. The highest BCUT2D eigenvalue weighted by molar-refractivity contribution is 7.80. The summed E-state index contributed by atoms with van der Waals surface area (Å²) in [6, 6.07) is 0. The Balaban J connectivity index is 3.09. The molecule has 1 rings (SSSR count). The second-order valence-corrected chi connectivity index (χ2v) is 4.12. The second kappa shape index (κ2) is 6.60. The van der Waals surface area contributed by atoms with Gasteiger partial charge in [0.15, 0.2) is 5.11 Å². The minimum atomic E-state index is -1.08. The zero-order chi connectivity index (χ0) is 14.4. The molecule has 3 N–H and O–H groups in total. The average molecular weight is 278 g/mol. The molecule has 0 saturated heterocycles. The minimum absolute atomic E-state index is 0.0452. The van der Waals surface area contributed by atoms with Crippen LogP contribution in [-0.4, -0.2) is 40.2 Å². The Morgan fingerprint density at radius 1 is 1.63 bits per heavy atom. The first-order chi connectivity index (χ1) is 8.91. The lowest BCUT2D eigenvalue weighted by Gasteiger charge is -2.10. The summed E-state index contributed by atoms with van der Waals surface area (Å²) in [7, 11) is 1.57. The summed E-state index contributed by atoms with van der Waals surface area (Å²) < 4.78 is 0. The Hall–Kier alpha value is -2.28. The number of hydrogen-bond donors (Lipinski definition) is 2. The molecule has 19 heavy (non-hydrogen) atoms. The van der Waals surface area contributed by atoms with Crippen molar-refractivity contribution in [3.05, 3.63) is 35.6 Å². The van der Waals surface area contributed by atoms with Gasteiger partial charge in [0.1, 0.15) is 0 Å². The van der Waals surface area contributed by atoms with Gasteiger partial charge in [-0.3, -0.25) is 4.99 Å². The van der Waals surface area contributed by atoms with Gasteiger partial charge < -0.3 is 10.8 Å². The molecule has 0 saturated carbocycles. The Labute approximate surface area is 116 Å². The summed E-state index contributed by atoms with van der Waals surface area (Å²) in [5.74, 6) is -1.08. The number of carboxylic acid groups (broad SMARTS) is 1. The highest BCUT2D eigenvalue weighted by Gasteiger charge is 2.12. The molecule has 100 valence electrons. The normalized spacial score (nSPS) is 15.2.